The number of aromatic nitrogens is 2. The first kappa shape index (κ1) is 19.4. The molecule has 2 rings (SSSR count). The van der Waals surface area contributed by atoms with Gasteiger partial charge in [-0.25, -0.2) is 9.48 Å². The molecule has 0 aliphatic rings. The summed E-state index contributed by atoms with van der Waals surface area (Å²) in [4.78, 5) is 36.4. The van der Waals surface area contributed by atoms with Crippen molar-refractivity contribution in [2.75, 3.05) is 7.11 Å². The van der Waals surface area contributed by atoms with Crippen LogP contribution in [-0.4, -0.2) is 34.8 Å². The number of rotatable bonds is 7. The van der Waals surface area contributed by atoms with Gasteiger partial charge in [0.1, 0.15) is 11.7 Å². The zero-order valence-electron chi connectivity index (χ0n) is 15.1. The van der Waals surface area contributed by atoms with Crippen molar-refractivity contribution < 1.29 is 14.3 Å². The molecule has 1 aromatic heterocycles. The van der Waals surface area contributed by atoms with Gasteiger partial charge >= 0.3 is 5.97 Å². The van der Waals surface area contributed by atoms with Gasteiger partial charge in [-0.1, -0.05) is 44.2 Å². The molecule has 26 heavy (non-hydrogen) atoms. The fourth-order valence-electron chi connectivity index (χ4n) is 2.50. The number of hydrogen-bond donors (Lipinski definition) is 1. The minimum Gasteiger partial charge on any atom is -0.467 e. The summed E-state index contributed by atoms with van der Waals surface area (Å²) in [7, 11) is 1.28. The zero-order chi connectivity index (χ0) is 19.1. The van der Waals surface area contributed by atoms with E-state index in [1.807, 2.05) is 44.2 Å². The van der Waals surface area contributed by atoms with Gasteiger partial charge in [0, 0.05) is 6.07 Å². The van der Waals surface area contributed by atoms with Crippen molar-refractivity contribution in [1.82, 2.24) is 15.1 Å². The second-order valence-corrected chi connectivity index (χ2v) is 6.38. The summed E-state index contributed by atoms with van der Waals surface area (Å²) in [6, 6.07) is 11.2. The van der Waals surface area contributed by atoms with E-state index in [9.17, 15) is 14.4 Å². The Morgan fingerprint density at radius 3 is 2.46 bits per heavy atom. The molecule has 7 heteroatoms. The molecule has 1 N–H and O–H groups in total. The van der Waals surface area contributed by atoms with Gasteiger partial charge in [-0.3, -0.25) is 9.59 Å². The molecule has 0 bridgehead atoms. The van der Waals surface area contributed by atoms with Crippen LogP contribution in [0, 0.1) is 5.92 Å². The van der Waals surface area contributed by atoms with Crippen LogP contribution in [0.25, 0.3) is 0 Å². The molecule has 0 aliphatic carbocycles. The standard InChI is InChI=1S/C19H23N3O4/c1-13(2)11-16(19(25)26-3)20-18(24)15-9-10-17(23)22(21-15)12-14-7-5-4-6-8-14/h4-10,13,16H,11-12H2,1-3H3,(H,20,24)/t16-/m1/s1. The first-order chi connectivity index (χ1) is 12.4. The summed E-state index contributed by atoms with van der Waals surface area (Å²) >= 11 is 0. The Balaban J connectivity index is 2.19. The second kappa shape index (κ2) is 8.94. The minimum atomic E-state index is -0.760. The van der Waals surface area contributed by atoms with Gasteiger partial charge in [0.15, 0.2) is 0 Å². The van der Waals surface area contributed by atoms with Gasteiger partial charge in [0.05, 0.1) is 13.7 Å². The van der Waals surface area contributed by atoms with Crippen molar-refractivity contribution in [3.63, 3.8) is 0 Å². The van der Waals surface area contributed by atoms with Crippen LogP contribution >= 0.6 is 0 Å². The summed E-state index contributed by atoms with van der Waals surface area (Å²) < 4.78 is 5.96. The van der Waals surface area contributed by atoms with Gasteiger partial charge in [-0.15, -0.1) is 0 Å². The van der Waals surface area contributed by atoms with E-state index in [2.05, 4.69) is 10.4 Å². The summed E-state index contributed by atoms with van der Waals surface area (Å²) in [6.45, 7) is 4.15. The molecule has 7 nitrogen and oxygen atoms in total. The highest BCUT2D eigenvalue weighted by Crippen LogP contribution is 2.07. The lowest BCUT2D eigenvalue weighted by molar-refractivity contribution is -0.143. The zero-order valence-corrected chi connectivity index (χ0v) is 15.1. The fraction of sp³-hybridized carbons (Fsp3) is 0.368. The van der Waals surface area contributed by atoms with Crippen molar-refractivity contribution in [3.05, 3.63) is 64.1 Å². The first-order valence-corrected chi connectivity index (χ1v) is 8.41. The van der Waals surface area contributed by atoms with Crippen LogP contribution in [0.2, 0.25) is 0 Å². The number of nitrogens with one attached hydrogen (secondary N) is 1. The fourth-order valence-corrected chi connectivity index (χ4v) is 2.50. The molecule has 138 valence electrons. The molecule has 0 saturated carbocycles. The maximum atomic E-state index is 12.5. The molecular weight excluding hydrogens is 334 g/mol. The van der Waals surface area contributed by atoms with Gasteiger partial charge < -0.3 is 10.1 Å². The second-order valence-electron chi connectivity index (χ2n) is 6.38. The average molecular weight is 357 g/mol. The van der Waals surface area contributed by atoms with E-state index >= 15 is 0 Å². The lowest BCUT2D eigenvalue weighted by atomic mass is 10.0. The molecule has 0 radical (unpaired) electrons. The van der Waals surface area contributed by atoms with E-state index in [1.54, 1.807) is 0 Å². The molecule has 0 fully saturated rings. The number of amides is 1. The molecule has 1 aromatic carbocycles. The molecule has 0 spiro atoms. The Morgan fingerprint density at radius 2 is 1.85 bits per heavy atom. The highest BCUT2D eigenvalue weighted by molar-refractivity contribution is 5.95. The van der Waals surface area contributed by atoms with E-state index in [4.69, 9.17) is 4.74 Å². The van der Waals surface area contributed by atoms with Crippen LogP contribution < -0.4 is 10.9 Å². The van der Waals surface area contributed by atoms with E-state index in [1.165, 1.54) is 23.9 Å². The summed E-state index contributed by atoms with van der Waals surface area (Å²) in [6.07, 6.45) is 0.446. The third-order valence-corrected chi connectivity index (χ3v) is 3.77. The minimum absolute atomic E-state index is 0.0678. The summed E-state index contributed by atoms with van der Waals surface area (Å²) in [5.74, 6) is -0.841. The Kier molecular flexibility index (Phi) is 6.66. The Bertz CT molecular complexity index is 815. The third kappa shape index (κ3) is 5.27. The molecular formula is C19H23N3O4. The van der Waals surface area contributed by atoms with Crippen molar-refractivity contribution >= 4 is 11.9 Å². The summed E-state index contributed by atoms with van der Waals surface area (Å²) in [5, 5.41) is 6.76. The highest BCUT2D eigenvalue weighted by atomic mass is 16.5. The maximum absolute atomic E-state index is 12.5. The van der Waals surface area contributed by atoms with Crippen molar-refractivity contribution in [3.8, 4) is 0 Å². The maximum Gasteiger partial charge on any atom is 0.328 e. The normalized spacial score (nSPS) is 11.8. The van der Waals surface area contributed by atoms with Gasteiger partial charge in [0.2, 0.25) is 0 Å². The number of hydrogen-bond acceptors (Lipinski definition) is 5. The van der Waals surface area contributed by atoms with E-state index < -0.39 is 17.9 Å². The third-order valence-electron chi connectivity index (χ3n) is 3.77. The summed E-state index contributed by atoms with van der Waals surface area (Å²) in [5.41, 5.74) is 0.655. The first-order valence-electron chi connectivity index (χ1n) is 8.41. The van der Waals surface area contributed by atoms with Crippen molar-refractivity contribution in [2.45, 2.75) is 32.9 Å². The Labute approximate surface area is 152 Å². The smallest absolute Gasteiger partial charge is 0.328 e. The average Bonchev–Trinajstić information content (AvgIpc) is 2.62. The Hall–Kier alpha value is -2.96. The topological polar surface area (TPSA) is 90.3 Å². The molecule has 1 amide bonds. The number of methoxy groups -OCH3 is 1. The van der Waals surface area contributed by atoms with Crippen LogP contribution in [0.4, 0.5) is 0 Å². The van der Waals surface area contributed by atoms with Crippen LogP contribution in [0.15, 0.2) is 47.3 Å². The largest absolute Gasteiger partial charge is 0.467 e. The monoisotopic (exact) mass is 357 g/mol. The SMILES string of the molecule is COC(=O)[C@@H](CC(C)C)NC(=O)c1ccc(=O)n(Cc2ccccc2)n1. The quantitative estimate of drug-likeness (QED) is 0.760. The molecule has 1 heterocycles. The highest BCUT2D eigenvalue weighted by Gasteiger charge is 2.24. The lowest BCUT2D eigenvalue weighted by Crippen LogP contribution is -2.43. The molecule has 0 unspecified atom stereocenters. The molecule has 0 aliphatic heterocycles. The molecule has 1 atom stereocenters. The number of nitrogens with zero attached hydrogens (tertiary/aromatic N) is 2. The lowest BCUT2D eigenvalue weighted by Gasteiger charge is -2.18. The van der Waals surface area contributed by atoms with Crippen molar-refractivity contribution in [1.29, 1.82) is 0 Å². The van der Waals surface area contributed by atoms with Crippen LogP contribution in [0.5, 0.6) is 0 Å². The van der Waals surface area contributed by atoms with E-state index in [0.29, 0.717) is 6.42 Å². The number of benzene rings is 1. The predicted molar refractivity (Wildman–Crippen MR) is 96.8 cm³/mol. The predicted octanol–water partition coefficient (Wildman–Crippen LogP) is 1.61. The van der Waals surface area contributed by atoms with Crippen LogP contribution in [-0.2, 0) is 16.1 Å². The number of ether oxygens (including phenoxy) is 1. The number of carbonyl (C=O) groups excluding carboxylic acids is 2. The van der Waals surface area contributed by atoms with Gasteiger partial charge in [-0.2, -0.15) is 5.10 Å². The van der Waals surface area contributed by atoms with E-state index in [-0.39, 0.29) is 23.7 Å². The molecule has 2 aromatic rings. The van der Waals surface area contributed by atoms with Crippen LogP contribution in [0.3, 0.4) is 0 Å². The van der Waals surface area contributed by atoms with Crippen LogP contribution in [0.1, 0.15) is 36.3 Å². The molecule has 0 saturated heterocycles. The number of carbonyl (C=O) groups is 2. The van der Waals surface area contributed by atoms with Gasteiger partial charge in [0.25, 0.3) is 11.5 Å². The number of esters is 1. The van der Waals surface area contributed by atoms with E-state index in [0.717, 1.165) is 5.56 Å². The Morgan fingerprint density at radius 1 is 1.15 bits per heavy atom. The van der Waals surface area contributed by atoms with Crippen molar-refractivity contribution in [2.24, 2.45) is 5.92 Å². The van der Waals surface area contributed by atoms with Gasteiger partial charge in [-0.05, 0) is 24.0 Å².